The van der Waals surface area contributed by atoms with Crippen LogP contribution in [0.15, 0.2) is 66.2 Å². The number of rotatable bonds is 8. The molecule has 2 aromatic heterocycles. The van der Waals surface area contributed by atoms with Crippen molar-refractivity contribution in [1.82, 2.24) is 15.2 Å². The van der Waals surface area contributed by atoms with E-state index in [1.807, 2.05) is 41.8 Å². The number of ether oxygens (including phenoxy) is 1. The van der Waals surface area contributed by atoms with Gasteiger partial charge >= 0.3 is 0 Å². The Morgan fingerprint density at radius 1 is 1.09 bits per heavy atom. The summed E-state index contributed by atoms with van der Waals surface area (Å²) in [5.74, 6) is 0.266. The lowest BCUT2D eigenvalue weighted by Gasteiger charge is -2.33. The maximum absolute atomic E-state index is 13.7. The Morgan fingerprint density at radius 2 is 1.88 bits per heavy atom. The molecule has 0 unspecified atom stereocenters. The average molecular weight is 464 g/mol. The first kappa shape index (κ1) is 23.0. The Balaban J connectivity index is 1.71. The summed E-state index contributed by atoms with van der Waals surface area (Å²) in [5, 5.41) is 5.21. The number of benzene rings is 1. The predicted molar refractivity (Wildman–Crippen MR) is 129 cm³/mol. The highest BCUT2D eigenvalue weighted by atomic mass is 32.1. The molecule has 1 aromatic carbocycles. The van der Waals surface area contributed by atoms with Crippen LogP contribution < -0.4 is 10.1 Å². The molecule has 33 heavy (non-hydrogen) atoms. The lowest BCUT2D eigenvalue weighted by atomic mass is 9.94. The van der Waals surface area contributed by atoms with Crippen LogP contribution in [0.2, 0.25) is 0 Å². The number of amides is 2. The molecule has 2 heterocycles. The van der Waals surface area contributed by atoms with Crippen LogP contribution in [0.25, 0.3) is 0 Å². The monoisotopic (exact) mass is 463 g/mol. The van der Waals surface area contributed by atoms with Gasteiger partial charge in [0.2, 0.25) is 5.91 Å². The van der Waals surface area contributed by atoms with Gasteiger partial charge in [-0.05, 0) is 54.1 Å². The molecule has 1 aliphatic carbocycles. The number of pyridine rings is 1. The zero-order valence-corrected chi connectivity index (χ0v) is 19.6. The highest BCUT2D eigenvalue weighted by Crippen LogP contribution is 2.29. The number of nitrogens with zero attached hydrogens (tertiary/aromatic N) is 2. The molecule has 172 valence electrons. The Kier molecular flexibility index (Phi) is 7.73. The lowest BCUT2D eigenvalue weighted by molar-refractivity contribution is -0.127. The minimum Gasteiger partial charge on any atom is -0.497 e. The Bertz CT molecular complexity index is 1030. The number of hydrogen-bond acceptors (Lipinski definition) is 5. The van der Waals surface area contributed by atoms with Gasteiger partial charge in [0.25, 0.3) is 5.91 Å². The zero-order chi connectivity index (χ0) is 23.0. The number of aromatic nitrogens is 1. The van der Waals surface area contributed by atoms with Crippen molar-refractivity contribution in [2.24, 2.45) is 0 Å². The van der Waals surface area contributed by atoms with Crippen LogP contribution in [0.5, 0.6) is 5.75 Å². The molecule has 0 saturated heterocycles. The first-order valence-electron chi connectivity index (χ1n) is 11.3. The van der Waals surface area contributed by atoms with E-state index in [9.17, 15) is 9.59 Å². The third kappa shape index (κ3) is 5.79. The molecule has 0 aliphatic heterocycles. The first-order valence-corrected chi connectivity index (χ1v) is 12.2. The van der Waals surface area contributed by atoms with E-state index in [-0.39, 0.29) is 17.9 Å². The molecule has 3 aromatic rings. The molecule has 7 heteroatoms. The summed E-state index contributed by atoms with van der Waals surface area (Å²) < 4.78 is 5.30. The van der Waals surface area contributed by atoms with Gasteiger partial charge < -0.3 is 15.0 Å². The maximum atomic E-state index is 13.7. The van der Waals surface area contributed by atoms with Gasteiger partial charge in [-0.2, -0.15) is 0 Å². The molecule has 0 bridgehead atoms. The quantitative estimate of drug-likeness (QED) is 0.511. The van der Waals surface area contributed by atoms with Crippen molar-refractivity contribution >= 4 is 23.2 Å². The second-order valence-electron chi connectivity index (χ2n) is 8.25. The normalized spacial score (nSPS) is 14.9. The summed E-state index contributed by atoms with van der Waals surface area (Å²) in [7, 11) is 1.61. The number of nitrogens with one attached hydrogen (secondary N) is 1. The fourth-order valence-corrected chi connectivity index (χ4v) is 4.98. The smallest absolute Gasteiger partial charge is 0.273 e. The molecule has 0 radical (unpaired) electrons. The molecule has 6 nitrogen and oxygen atoms in total. The van der Waals surface area contributed by atoms with Crippen LogP contribution in [0.1, 0.15) is 59.1 Å². The molecule has 1 saturated carbocycles. The Hall–Kier alpha value is -3.19. The van der Waals surface area contributed by atoms with Crippen molar-refractivity contribution in [2.75, 3.05) is 7.11 Å². The summed E-state index contributed by atoms with van der Waals surface area (Å²) >= 11 is 1.56. The van der Waals surface area contributed by atoms with Gasteiger partial charge in [-0.15, -0.1) is 11.3 Å². The second-order valence-corrected chi connectivity index (χ2v) is 9.28. The van der Waals surface area contributed by atoms with E-state index in [2.05, 4.69) is 10.3 Å². The summed E-state index contributed by atoms with van der Waals surface area (Å²) in [6, 6.07) is 15.9. The van der Waals surface area contributed by atoms with Gasteiger partial charge in [-0.1, -0.05) is 43.5 Å². The van der Waals surface area contributed by atoms with E-state index in [0.717, 1.165) is 36.1 Å². The van der Waals surface area contributed by atoms with E-state index >= 15 is 0 Å². The largest absolute Gasteiger partial charge is 0.497 e. The van der Waals surface area contributed by atoms with Crippen LogP contribution in [0.4, 0.5) is 0 Å². The summed E-state index contributed by atoms with van der Waals surface area (Å²) in [5.41, 5.74) is 1.06. The topological polar surface area (TPSA) is 71.5 Å². The van der Waals surface area contributed by atoms with Crippen LogP contribution in [0.3, 0.4) is 0 Å². The summed E-state index contributed by atoms with van der Waals surface area (Å²) in [6.07, 6.45) is 6.98. The fourth-order valence-electron chi connectivity index (χ4n) is 4.27. The number of thiophene rings is 1. The standard InChI is InChI=1S/C26H29N3O3S/c1-32-21-14-12-19(13-15-21)24(25(30)28-20-8-3-2-4-9-20)29(18-22-10-7-17-33-22)26(31)23-11-5-6-16-27-23/h5-7,10-17,20,24H,2-4,8-9,18H2,1H3,(H,28,30)/t24-/m1/s1. The molecular weight excluding hydrogens is 434 g/mol. The minimum atomic E-state index is -0.783. The van der Waals surface area contributed by atoms with E-state index in [0.29, 0.717) is 18.0 Å². The SMILES string of the molecule is COc1ccc([C@H](C(=O)NC2CCCCC2)N(Cc2cccs2)C(=O)c2ccccn2)cc1. The molecule has 1 fully saturated rings. The zero-order valence-electron chi connectivity index (χ0n) is 18.8. The van der Waals surface area contributed by atoms with E-state index in [1.54, 1.807) is 47.7 Å². The lowest BCUT2D eigenvalue weighted by Crippen LogP contribution is -2.47. The number of hydrogen-bond donors (Lipinski definition) is 1. The number of carbonyl (C=O) groups excluding carboxylic acids is 2. The predicted octanol–water partition coefficient (Wildman–Crippen LogP) is 4.98. The van der Waals surface area contributed by atoms with Gasteiger partial charge in [-0.25, -0.2) is 0 Å². The minimum absolute atomic E-state index is 0.139. The van der Waals surface area contributed by atoms with Gasteiger partial charge in [0.15, 0.2) is 0 Å². The highest BCUT2D eigenvalue weighted by Gasteiger charge is 2.34. The van der Waals surface area contributed by atoms with Crippen LogP contribution in [-0.4, -0.2) is 34.8 Å². The Labute approximate surface area is 198 Å². The fraction of sp³-hybridized carbons (Fsp3) is 0.346. The van der Waals surface area contributed by atoms with Crippen LogP contribution in [-0.2, 0) is 11.3 Å². The van der Waals surface area contributed by atoms with Crippen LogP contribution in [0, 0.1) is 0 Å². The van der Waals surface area contributed by atoms with Crippen molar-refractivity contribution < 1.29 is 14.3 Å². The molecule has 1 aliphatic rings. The molecule has 1 atom stereocenters. The molecule has 2 amide bonds. The van der Waals surface area contributed by atoms with Crippen molar-refractivity contribution in [1.29, 1.82) is 0 Å². The Morgan fingerprint density at radius 3 is 2.52 bits per heavy atom. The maximum Gasteiger partial charge on any atom is 0.273 e. The van der Waals surface area contributed by atoms with E-state index in [1.165, 1.54) is 6.42 Å². The molecule has 1 N–H and O–H groups in total. The third-order valence-electron chi connectivity index (χ3n) is 5.99. The first-order chi connectivity index (χ1) is 16.2. The number of methoxy groups -OCH3 is 1. The van der Waals surface area contributed by atoms with Gasteiger partial charge in [0.1, 0.15) is 17.5 Å². The van der Waals surface area contributed by atoms with Crippen molar-refractivity contribution in [3.63, 3.8) is 0 Å². The summed E-state index contributed by atoms with van der Waals surface area (Å²) in [6.45, 7) is 0.321. The van der Waals surface area contributed by atoms with E-state index < -0.39 is 6.04 Å². The summed E-state index contributed by atoms with van der Waals surface area (Å²) in [4.78, 5) is 34.3. The van der Waals surface area contributed by atoms with Crippen LogP contribution >= 0.6 is 11.3 Å². The van der Waals surface area contributed by atoms with Crippen molar-refractivity contribution in [2.45, 2.75) is 50.7 Å². The van der Waals surface area contributed by atoms with Gasteiger partial charge in [0, 0.05) is 17.1 Å². The van der Waals surface area contributed by atoms with E-state index in [4.69, 9.17) is 4.74 Å². The highest BCUT2D eigenvalue weighted by molar-refractivity contribution is 7.09. The van der Waals surface area contributed by atoms with Crippen molar-refractivity contribution in [3.05, 3.63) is 82.3 Å². The van der Waals surface area contributed by atoms with Gasteiger partial charge in [-0.3, -0.25) is 14.6 Å². The molecular formula is C26H29N3O3S. The third-order valence-corrected chi connectivity index (χ3v) is 6.86. The molecule has 0 spiro atoms. The molecule has 4 rings (SSSR count). The average Bonchev–Trinajstić information content (AvgIpc) is 3.38. The second kappa shape index (κ2) is 11.1. The number of carbonyl (C=O) groups is 2. The van der Waals surface area contributed by atoms with Gasteiger partial charge in [0.05, 0.1) is 13.7 Å². The van der Waals surface area contributed by atoms with Crippen molar-refractivity contribution in [3.8, 4) is 5.75 Å².